The summed E-state index contributed by atoms with van der Waals surface area (Å²) in [7, 11) is -4.64. The Hall–Kier alpha value is -3.47. The van der Waals surface area contributed by atoms with Gasteiger partial charge in [-0.1, -0.05) is 26.0 Å². The molecule has 2 saturated heterocycles. The second-order valence-electron chi connectivity index (χ2n) is 12.0. The molecule has 0 saturated carbocycles. The lowest BCUT2D eigenvalue weighted by atomic mass is 9.93. The van der Waals surface area contributed by atoms with Crippen molar-refractivity contribution in [2.24, 2.45) is 11.8 Å². The number of benzene rings is 2. The number of sulfonamides is 1. The summed E-state index contributed by atoms with van der Waals surface area (Å²) in [5.74, 6) is -0.231. The lowest BCUT2D eigenvalue weighted by Crippen LogP contribution is -2.57. The monoisotopic (exact) mass is 707 g/mol. The maximum atomic E-state index is 14.2. The number of carbonyl (C=O) groups is 1. The predicted molar refractivity (Wildman–Crippen MR) is 175 cm³/mol. The van der Waals surface area contributed by atoms with Crippen molar-refractivity contribution in [1.29, 1.82) is 0 Å². The summed E-state index contributed by atoms with van der Waals surface area (Å²) in [5, 5.41) is 23.4. The van der Waals surface area contributed by atoms with Gasteiger partial charge in [-0.15, -0.1) is 11.3 Å². The first-order valence-electron chi connectivity index (χ1n) is 17.7. The highest BCUT2D eigenvalue weighted by atomic mass is 32.2. The first-order valence-corrected chi connectivity index (χ1v) is 17.8. The molecular formula is C33H41N3O10S2. The largest absolute Gasteiger partial charge is 0.487 e. The van der Waals surface area contributed by atoms with E-state index in [1.165, 1.54) is 32.0 Å². The van der Waals surface area contributed by atoms with Crippen LogP contribution >= 0.6 is 11.3 Å². The van der Waals surface area contributed by atoms with Crippen molar-refractivity contribution >= 4 is 27.5 Å². The molecule has 0 spiro atoms. The number of hydrogen-bond donors (Lipinski definition) is 2. The van der Waals surface area contributed by atoms with Crippen molar-refractivity contribution in [3.63, 3.8) is 0 Å². The van der Waals surface area contributed by atoms with Crippen LogP contribution in [0.5, 0.6) is 17.2 Å². The zero-order valence-corrected chi connectivity index (χ0v) is 28.1. The third-order valence-corrected chi connectivity index (χ3v) is 10.7. The van der Waals surface area contributed by atoms with Gasteiger partial charge in [-0.25, -0.2) is 18.2 Å². The van der Waals surface area contributed by atoms with Gasteiger partial charge < -0.3 is 33.9 Å². The zero-order chi connectivity index (χ0) is 37.4. The Bertz CT molecular complexity index is 1850. The van der Waals surface area contributed by atoms with Crippen LogP contribution in [0.25, 0.3) is 0 Å². The van der Waals surface area contributed by atoms with Crippen molar-refractivity contribution in [3.05, 3.63) is 64.1 Å². The van der Waals surface area contributed by atoms with Gasteiger partial charge >= 0.3 is 6.09 Å². The molecule has 2 fully saturated rings. The van der Waals surface area contributed by atoms with Gasteiger partial charge in [0.25, 0.3) is 0 Å². The highest BCUT2D eigenvalue weighted by Crippen LogP contribution is 2.37. The molecule has 15 heteroatoms. The third-order valence-electron chi connectivity index (χ3n) is 8.37. The van der Waals surface area contributed by atoms with Gasteiger partial charge in [0.2, 0.25) is 16.8 Å². The minimum absolute atomic E-state index is 0.000199. The number of aryl methyl sites for hydroxylation is 1. The highest BCUT2D eigenvalue weighted by molar-refractivity contribution is 7.89. The molecule has 3 aliphatic rings. The van der Waals surface area contributed by atoms with E-state index in [1.807, 2.05) is 0 Å². The fourth-order valence-corrected chi connectivity index (χ4v) is 8.08. The molecule has 48 heavy (non-hydrogen) atoms. The van der Waals surface area contributed by atoms with E-state index in [2.05, 4.69) is 4.98 Å². The fraction of sp³-hybridized carbons (Fsp3) is 0.515. The number of amides is 1. The van der Waals surface area contributed by atoms with Crippen LogP contribution in [-0.2, 0) is 32.5 Å². The quantitative estimate of drug-likeness (QED) is 0.249. The van der Waals surface area contributed by atoms with E-state index in [-0.39, 0.29) is 55.2 Å². The standard InChI is InChI=1S/C33H41N3O10S2/c1-20(2)14-35(48(40,41)25-8-9-30-31(13-25)46-19-45-30)15-29(37)27(36(33(38)39)28-17-44-32-26(28)10-11-42-32)12-22-4-6-24(7-5-22)43-16-23-18-47-21(3)34-23/h4-9,13,18,20,26-29,32,37H,10-12,14-17,19H2,1-3H3,(H,38,39)/t26-,27-,28-,29+,32+/m0/s1/i3D,14D2,18D. The summed E-state index contributed by atoms with van der Waals surface area (Å²) >= 11 is 1.11. The molecule has 260 valence electrons. The van der Waals surface area contributed by atoms with Gasteiger partial charge in [0.1, 0.15) is 12.4 Å². The number of carboxylic acid groups (broad SMARTS) is 1. The molecule has 3 aliphatic heterocycles. The average molecular weight is 708 g/mol. The Morgan fingerprint density at radius 1 is 1.21 bits per heavy atom. The highest BCUT2D eigenvalue weighted by Gasteiger charge is 2.49. The molecule has 3 aromatic rings. The van der Waals surface area contributed by atoms with Gasteiger partial charge in [0.15, 0.2) is 17.8 Å². The summed E-state index contributed by atoms with van der Waals surface area (Å²) in [6, 6.07) is 8.63. The van der Waals surface area contributed by atoms with Gasteiger partial charge in [-0.2, -0.15) is 4.31 Å². The fourth-order valence-electron chi connectivity index (χ4n) is 6.13. The van der Waals surface area contributed by atoms with Crippen LogP contribution in [0.15, 0.2) is 52.7 Å². The van der Waals surface area contributed by atoms with E-state index in [4.69, 9.17) is 29.2 Å². The number of nitrogens with zero attached hydrogens (tertiary/aromatic N) is 3. The number of rotatable bonds is 14. The lowest BCUT2D eigenvalue weighted by molar-refractivity contribution is -0.0906. The van der Waals surface area contributed by atoms with Crippen molar-refractivity contribution in [2.75, 3.05) is 33.0 Å². The molecule has 1 aromatic heterocycles. The zero-order valence-electron chi connectivity index (χ0n) is 30.5. The Morgan fingerprint density at radius 3 is 2.73 bits per heavy atom. The van der Waals surface area contributed by atoms with E-state index in [0.717, 1.165) is 16.2 Å². The Kier molecular flexibility index (Phi) is 8.93. The van der Waals surface area contributed by atoms with Crippen LogP contribution < -0.4 is 14.2 Å². The molecule has 13 nitrogen and oxygen atoms in total. The van der Waals surface area contributed by atoms with E-state index in [1.54, 1.807) is 24.3 Å². The molecule has 2 aromatic carbocycles. The first kappa shape index (κ1) is 29.4. The van der Waals surface area contributed by atoms with E-state index in [9.17, 15) is 23.4 Å². The van der Waals surface area contributed by atoms with Crippen LogP contribution in [0.2, 0.25) is 0 Å². The van der Waals surface area contributed by atoms with Crippen molar-refractivity contribution < 1.29 is 52.6 Å². The Labute approximate surface area is 289 Å². The molecule has 1 amide bonds. The Morgan fingerprint density at radius 2 is 2.00 bits per heavy atom. The SMILES string of the molecule is [2H]Cc1nc(COc2ccc(C[C@@H]([C@H](O)CN(C([2H])([2H])C(C)C)S(=O)(=O)c3ccc4c(c3)OCO4)N(C(=O)O)[C@H]3CO[C@H]4OCC[C@H]43)cc2)c([2H])s1. The molecular weight excluding hydrogens is 663 g/mol. The maximum absolute atomic E-state index is 14.2. The van der Waals surface area contributed by atoms with Crippen LogP contribution in [-0.4, -0.2) is 96.4 Å². The van der Waals surface area contributed by atoms with Crippen LogP contribution in [0, 0.1) is 18.7 Å². The minimum atomic E-state index is -4.64. The number of thiazole rings is 1. The molecule has 0 aliphatic carbocycles. The summed E-state index contributed by atoms with van der Waals surface area (Å²) < 4.78 is 90.3. The topological polar surface area (TPSA) is 157 Å². The van der Waals surface area contributed by atoms with Gasteiger partial charge in [-0.05, 0) is 55.5 Å². The normalized spacial score (nSPS) is 22.9. The van der Waals surface area contributed by atoms with Crippen molar-refractivity contribution in [1.82, 2.24) is 14.2 Å². The van der Waals surface area contributed by atoms with Gasteiger partial charge in [0.05, 0.1) is 48.4 Å². The summed E-state index contributed by atoms with van der Waals surface area (Å²) in [6.07, 6.45) is -3.23. The van der Waals surface area contributed by atoms with Crippen LogP contribution in [0.1, 0.15) is 42.0 Å². The van der Waals surface area contributed by atoms with Crippen molar-refractivity contribution in [2.45, 2.75) is 69.6 Å². The third kappa shape index (κ3) is 7.56. The van der Waals surface area contributed by atoms with Crippen molar-refractivity contribution in [3.8, 4) is 17.2 Å². The van der Waals surface area contributed by atoms with E-state index >= 15 is 0 Å². The Balaban J connectivity index is 1.30. The number of hydrogen-bond acceptors (Lipinski definition) is 11. The summed E-state index contributed by atoms with van der Waals surface area (Å²) in [4.78, 5) is 18.2. The average Bonchev–Trinajstić information content (AvgIpc) is 3.91. The van der Waals surface area contributed by atoms with Crippen LogP contribution in [0.4, 0.5) is 4.79 Å². The molecule has 5 atom stereocenters. The van der Waals surface area contributed by atoms with Crippen LogP contribution in [0.3, 0.4) is 0 Å². The van der Waals surface area contributed by atoms with Gasteiger partial charge in [0, 0.05) is 34.5 Å². The lowest BCUT2D eigenvalue weighted by Gasteiger charge is -2.39. The smallest absolute Gasteiger partial charge is 0.407 e. The number of aliphatic hydroxyl groups excluding tert-OH is 1. The second kappa shape index (κ2) is 14.6. The number of aliphatic hydroxyl groups is 1. The summed E-state index contributed by atoms with van der Waals surface area (Å²) in [5.41, 5.74) is 0.996. The molecule has 0 unspecified atom stereocenters. The molecule has 4 heterocycles. The molecule has 6 rings (SSSR count). The second-order valence-corrected chi connectivity index (χ2v) is 14.8. The summed E-state index contributed by atoms with van der Waals surface area (Å²) in [6.45, 7) is 0.00361. The number of aromatic nitrogens is 1. The maximum Gasteiger partial charge on any atom is 0.407 e. The minimum Gasteiger partial charge on any atom is -0.487 e. The predicted octanol–water partition coefficient (Wildman–Crippen LogP) is 4.12. The van der Waals surface area contributed by atoms with E-state index < -0.39 is 59.6 Å². The molecule has 0 radical (unpaired) electrons. The molecule has 2 N–H and O–H groups in total. The number of ether oxygens (including phenoxy) is 5. The first-order chi connectivity index (χ1) is 24.7. The van der Waals surface area contributed by atoms with Gasteiger partial charge in [-0.3, -0.25) is 4.90 Å². The molecule has 0 bridgehead atoms. The number of fused-ring (bicyclic) bond motifs is 2. The van der Waals surface area contributed by atoms with E-state index in [0.29, 0.717) is 45.1 Å².